The molecule has 0 saturated carbocycles. The van der Waals surface area contributed by atoms with Gasteiger partial charge in [0, 0.05) is 49.4 Å². The lowest BCUT2D eigenvalue weighted by atomic mass is 9.81. The second-order valence-electron chi connectivity index (χ2n) is 19.1. The summed E-state index contributed by atoms with van der Waals surface area (Å²) >= 11 is 0. The zero-order valence-electron chi connectivity index (χ0n) is 36.6. The Morgan fingerprint density at radius 2 is 0.938 bits per heavy atom. The van der Waals surface area contributed by atoms with Crippen LogP contribution >= 0.6 is 0 Å². The van der Waals surface area contributed by atoms with Gasteiger partial charge in [0.15, 0.2) is 17.5 Å². The van der Waals surface area contributed by atoms with Gasteiger partial charge < -0.3 is 4.57 Å². The molecule has 4 nitrogen and oxygen atoms in total. The molecule has 0 amide bonds. The van der Waals surface area contributed by atoms with Crippen molar-refractivity contribution in [2.45, 2.75) is 38.5 Å². The second kappa shape index (κ2) is 12.8. The highest BCUT2D eigenvalue weighted by atomic mass is 15.1. The van der Waals surface area contributed by atoms with Gasteiger partial charge in [-0.15, -0.1) is 0 Å². The lowest BCUT2D eigenvalue weighted by Gasteiger charge is -2.23. The Morgan fingerprint density at radius 1 is 0.354 bits per heavy atom. The fraction of sp³-hybridized carbons (Fsp3) is 0.0984. The predicted molar refractivity (Wildman–Crippen MR) is 268 cm³/mol. The van der Waals surface area contributed by atoms with Crippen LogP contribution in [0, 0.1) is 0 Å². The molecule has 0 fully saturated rings. The first-order valence-corrected chi connectivity index (χ1v) is 22.7. The van der Waals surface area contributed by atoms with E-state index in [1.807, 2.05) is 0 Å². The number of hydrogen-bond acceptors (Lipinski definition) is 3. The molecule has 2 aromatic heterocycles. The number of nitrogens with zero attached hydrogens (tertiary/aromatic N) is 4. The monoisotopic (exact) mass is 830 g/mol. The van der Waals surface area contributed by atoms with Gasteiger partial charge in [-0.25, -0.2) is 15.0 Å². The highest BCUT2D eigenvalue weighted by Gasteiger charge is 2.42. The van der Waals surface area contributed by atoms with Gasteiger partial charge in [0.2, 0.25) is 0 Å². The largest absolute Gasteiger partial charge is 0.307 e. The molecular formula is C61H42N4. The summed E-state index contributed by atoms with van der Waals surface area (Å²) in [5.74, 6) is 1.94. The van der Waals surface area contributed by atoms with Crippen molar-refractivity contribution in [1.82, 2.24) is 19.5 Å². The predicted octanol–water partition coefficient (Wildman–Crippen LogP) is 15.4. The Bertz CT molecular complexity index is 3900. The lowest BCUT2D eigenvalue weighted by Crippen LogP contribution is -2.15. The molecule has 65 heavy (non-hydrogen) atoms. The van der Waals surface area contributed by atoms with Crippen LogP contribution < -0.4 is 0 Å². The highest BCUT2D eigenvalue weighted by Crippen LogP contribution is 2.59. The van der Waals surface area contributed by atoms with Gasteiger partial charge in [-0.1, -0.05) is 185 Å². The van der Waals surface area contributed by atoms with Crippen LogP contribution in [-0.2, 0) is 10.8 Å². The third-order valence-corrected chi connectivity index (χ3v) is 15.0. The maximum atomic E-state index is 5.61. The molecule has 0 saturated heterocycles. The summed E-state index contributed by atoms with van der Waals surface area (Å²) in [4.78, 5) is 16.6. The minimum absolute atomic E-state index is 0.145. The maximum absolute atomic E-state index is 5.61. The molecular weight excluding hydrogens is 789 g/mol. The third-order valence-electron chi connectivity index (χ3n) is 15.0. The average molecular weight is 831 g/mol. The zero-order valence-corrected chi connectivity index (χ0v) is 36.6. The van der Waals surface area contributed by atoms with Gasteiger partial charge >= 0.3 is 0 Å². The standard InChI is InChI=1S/C61H42N4/c1-60(2)47-25-9-7-20-44(47)52-45(23-14-26-48(52)60)58-62-57(39-18-11-17-37(34-39)38-30-29-35-15-5-6-16-36(35)33-38)63-59(64-58)46-24-12-22-42-41-21-13-27-49-53(41)54-50(61(49,3)4)32-31-43-40-19-8-10-28-51(40)65(55(42)46)56(43)54/h5-34H,1-4H3. The molecule has 1 aliphatic heterocycles. The Balaban J connectivity index is 1.07. The molecule has 4 heteroatoms. The number of rotatable bonds is 4. The van der Waals surface area contributed by atoms with E-state index in [4.69, 9.17) is 15.0 Å². The number of aromatic nitrogens is 4. The quantitative estimate of drug-likeness (QED) is 0.177. The molecule has 9 aromatic carbocycles. The summed E-state index contributed by atoms with van der Waals surface area (Å²) in [6, 6.07) is 66.6. The van der Waals surface area contributed by atoms with Crippen LogP contribution in [0.1, 0.15) is 49.9 Å². The van der Waals surface area contributed by atoms with Crippen molar-refractivity contribution in [2.24, 2.45) is 0 Å². The van der Waals surface area contributed by atoms with Crippen molar-refractivity contribution >= 4 is 32.6 Å². The summed E-state index contributed by atoms with van der Waals surface area (Å²) in [6.45, 7) is 9.41. The molecule has 0 N–H and O–H groups in total. The molecule has 3 aliphatic rings. The first-order chi connectivity index (χ1) is 31.8. The summed E-state index contributed by atoms with van der Waals surface area (Å²) in [7, 11) is 0. The fourth-order valence-corrected chi connectivity index (χ4v) is 11.9. The van der Waals surface area contributed by atoms with Crippen molar-refractivity contribution in [2.75, 3.05) is 0 Å². The van der Waals surface area contributed by atoms with Crippen molar-refractivity contribution in [3.05, 3.63) is 204 Å². The molecule has 2 aliphatic carbocycles. The summed E-state index contributed by atoms with van der Waals surface area (Å²) in [5, 5.41) is 4.93. The van der Waals surface area contributed by atoms with Crippen molar-refractivity contribution in [1.29, 1.82) is 0 Å². The Hall–Kier alpha value is -7.95. The third kappa shape index (κ3) is 4.89. The van der Waals surface area contributed by atoms with Gasteiger partial charge in [0.1, 0.15) is 0 Å². The van der Waals surface area contributed by atoms with Gasteiger partial charge in [-0.3, -0.25) is 0 Å². The minimum Gasteiger partial charge on any atom is -0.307 e. The van der Waals surface area contributed by atoms with Crippen LogP contribution in [0.15, 0.2) is 182 Å². The van der Waals surface area contributed by atoms with E-state index in [2.05, 4.69) is 214 Å². The van der Waals surface area contributed by atoms with Crippen LogP contribution in [0.2, 0.25) is 0 Å². The fourth-order valence-electron chi connectivity index (χ4n) is 11.9. The van der Waals surface area contributed by atoms with Crippen LogP contribution in [0.3, 0.4) is 0 Å². The Kier molecular flexibility index (Phi) is 7.21. The SMILES string of the molecule is CC1(C)c2ccccc2-c2c(-c3nc(-c4cccc(-c5ccc6ccccc6c5)c4)nc(-c4cccc5c4-n4c6ccccc6c6ccc7c(c64)-c4c-5cccc4C7(C)C)n3)cccc21. The zero-order chi connectivity index (χ0) is 43.3. The van der Waals surface area contributed by atoms with E-state index in [0.717, 1.165) is 33.5 Å². The summed E-state index contributed by atoms with van der Waals surface area (Å²) in [6.07, 6.45) is 0. The van der Waals surface area contributed by atoms with Crippen LogP contribution in [0.25, 0.3) is 117 Å². The molecule has 3 heterocycles. The molecule has 0 radical (unpaired) electrons. The van der Waals surface area contributed by atoms with Crippen molar-refractivity contribution < 1.29 is 0 Å². The summed E-state index contributed by atoms with van der Waals surface area (Å²) < 4.78 is 2.53. The smallest absolute Gasteiger partial charge is 0.166 e. The Morgan fingerprint density at radius 3 is 1.82 bits per heavy atom. The molecule has 14 rings (SSSR count). The first kappa shape index (κ1) is 36.5. The minimum atomic E-state index is -0.176. The normalized spacial score (nSPS) is 14.4. The van der Waals surface area contributed by atoms with Crippen LogP contribution in [0.4, 0.5) is 0 Å². The molecule has 0 atom stereocenters. The molecule has 0 unspecified atom stereocenters. The van der Waals surface area contributed by atoms with Crippen molar-refractivity contribution in [3.63, 3.8) is 0 Å². The Labute approximate surface area is 377 Å². The number of fused-ring (bicyclic) bond motifs is 10. The molecule has 306 valence electrons. The van der Waals surface area contributed by atoms with E-state index in [9.17, 15) is 0 Å². The second-order valence-corrected chi connectivity index (χ2v) is 19.1. The maximum Gasteiger partial charge on any atom is 0.166 e. The van der Waals surface area contributed by atoms with Crippen LogP contribution in [0.5, 0.6) is 0 Å². The van der Waals surface area contributed by atoms with E-state index in [-0.39, 0.29) is 10.8 Å². The number of hydrogen-bond donors (Lipinski definition) is 0. The van der Waals surface area contributed by atoms with Crippen LogP contribution in [-0.4, -0.2) is 19.5 Å². The molecule has 0 bridgehead atoms. The van der Waals surface area contributed by atoms with E-state index in [0.29, 0.717) is 17.5 Å². The van der Waals surface area contributed by atoms with Gasteiger partial charge in [0.25, 0.3) is 0 Å². The van der Waals surface area contributed by atoms with E-state index in [1.54, 1.807) is 0 Å². The van der Waals surface area contributed by atoms with E-state index in [1.165, 1.54) is 88.2 Å². The van der Waals surface area contributed by atoms with Crippen molar-refractivity contribution in [3.8, 4) is 84.4 Å². The topological polar surface area (TPSA) is 43.6 Å². The number of para-hydroxylation sites is 2. The highest BCUT2D eigenvalue weighted by molar-refractivity contribution is 6.19. The van der Waals surface area contributed by atoms with E-state index >= 15 is 0 Å². The molecule has 0 spiro atoms. The van der Waals surface area contributed by atoms with Gasteiger partial charge in [0.05, 0.1) is 16.7 Å². The van der Waals surface area contributed by atoms with E-state index < -0.39 is 0 Å². The average Bonchev–Trinajstić information content (AvgIpc) is 3.86. The summed E-state index contributed by atoms with van der Waals surface area (Å²) in [5.41, 5.74) is 21.2. The lowest BCUT2D eigenvalue weighted by molar-refractivity contribution is 0.660. The first-order valence-electron chi connectivity index (χ1n) is 22.7. The van der Waals surface area contributed by atoms with Gasteiger partial charge in [-0.05, 0) is 90.7 Å². The van der Waals surface area contributed by atoms with Gasteiger partial charge in [-0.2, -0.15) is 0 Å². The molecule has 11 aromatic rings. The number of benzene rings is 9.